The van der Waals surface area contributed by atoms with Gasteiger partial charge in [-0.15, -0.1) is 0 Å². The van der Waals surface area contributed by atoms with Gasteiger partial charge in [-0.3, -0.25) is 0 Å². The molecule has 12 heteroatoms. The highest BCUT2D eigenvalue weighted by atomic mass is 19.4. The van der Waals surface area contributed by atoms with Gasteiger partial charge in [-0.1, -0.05) is 29.8 Å². The number of unbranched alkanes of at least 4 members (excludes halogenated alkanes) is 1. The molecule has 41 heavy (non-hydrogen) atoms. The normalized spacial score (nSPS) is 12.6. The molecule has 7 nitrogen and oxygen atoms in total. The van der Waals surface area contributed by atoms with E-state index in [1.54, 1.807) is 45.0 Å². The van der Waals surface area contributed by atoms with E-state index in [-0.39, 0.29) is 39.1 Å². The Balaban J connectivity index is 2.04. The van der Waals surface area contributed by atoms with E-state index in [0.717, 1.165) is 5.56 Å². The van der Waals surface area contributed by atoms with E-state index in [0.29, 0.717) is 28.2 Å². The van der Waals surface area contributed by atoms with Gasteiger partial charge in [-0.2, -0.15) is 22.0 Å². The molecule has 0 spiro atoms. The van der Waals surface area contributed by atoms with Crippen molar-refractivity contribution >= 4 is 12.1 Å². The first-order valence-corrected chi connectivity index (χ1v) is 13.2. The number of hydrogen-bond acceptors (Lipinski definition) is 5. The van der Waals surface area contributed by atoms with Crippen molar-refractivity contribution < 1.29 is 50.9 Å². The summed E-state index contributed by atoms with van der Waals surface area (Å²) in [6.45, 7) is 7.23. The SMILES string of the molecule is CCOC(Cc1ccc(OCCN(CCCCC(F)(F)C(F)(F)F)C(=O)Oc2c(C)cc(C)cc2C)cc1)C(=O)O. The fourth-order valence-electron chi connectivity index (χ4n) is 4.19. The van der Waals surface area contributed by atoms with E-state index in [2.05, 4.69) is 0 Å². The molecule has 1 N–H and O–H groups in total. The number of nitrogens with zero attached hydrogens (tertiary/aromatic N) is 1. The molecular formula is C29H36F5NO6. The average molecular weight is 590 g/mol. The molecule has 2 aromatic carbocycles. The number of carboxylic acid groups (broad SMARTS) is 1. The Labute approximate surface area is 236 Å². The summed E-state index contributed by atoms with van der Waals surface area (Å²) in [5.74, 6) is -5.10. The van der Waals surface area contributed by atoms with Crippen molar-refractivity contribution in [2.75, 3.05) is 26.3 Å². The first kappa shape index (κ1) is 33.8. The molecule has 0 saturated carbocycles. The monoisotopic (exact) mass is 589 g/mol. The van der Waals surface area contributed by atoms with Gasteiger partial charge in [-0.25, -0.2) is 9.59 Å². The van der Waals surface area contributed by atoms with Crippen LogP contribution in [0.25, 0.3) is 0 Å². The highest BCUT2D eigenvalue weighted by Crippen LogP contribution is 2.39. The Kier molecular flexibility index (Phi) is 12.4. The minimum absolute atomic E-state index is 0.0181. The van der Waals surface area contributed by atoms with E-state index < -0.39 is 43.1 Å². The Bertz CT molecular complexity index is 1130. The molecular weight excluding hydrogens is 553 g/mol. The number of carboxylic acids is 1. The minimum Gasteiger partial charge on any atom is -0.492 e. The van der Waals surface area contributed by atoms with Crippen LogP contribution in [0.15, 0.2) is 36.4 Å². The Morgan fingerprint density at radius 2 is 1.56 bits per heavy atom. The summed E-state index contributed by atoms with van der Waals surface area (Å²) < 4.78 is 80.6. The summed E-state index contributed by atoms with van der Waals surface area (Å²) >= 11 is 0. The summed E-state index contributed by atoms with van der Waals surface area (Å²) in [7, 11) is 0. The molecule has 0 aliphatic heterocycles. The number of carbonyl (C=O) groups is 2. The molecule has 2 rings (SSSR count). The molecule has 0 heterocycles. The Hall–Kier alpha value is -3.41. The van der Waals surface area contributed by atoms with Crippen LogP contribution in [-0.4, -0.2) is 66.6 Å². The van der Waals surface area contributed by atoms with Crippen molar-refractivity contribution in [1.29, 1.82) is 0 Å². The van der Waals surface area contributed by atoms with Gasteiger partial charge in [0, 0.05) is 26.0 Å². The van der Waals surface area contributed by atoms with E-state index in [4.69, 9.17) is 14.2 Å². The van der Waals surface area contributed by atoms with E-state index in [1.807, 2.05) is 19.1 Å². The number of alkyl halides is 5. The number of hydrogen-bond donors (Lipinski definition) is 1. The van der Waals surface area contributed by atoms with Crippen molar-refractivity contribution in [1.82, 2.24) is 4.90 Å². The van der Waals surface area contributed by atoms with Crippen molar-refractivity contribution in [2.45, 2.75) is 71.6 Å². The Morgan fingerprint density at radius 3 is 2.10 bits per heavy atom. The molecule has 0 radical (unpaired) electrons. The third-order valence-corrected chi connectivity index (χ3v) is 6.25. The molecule has 0 fully saturated rings. The standard InChI is InChI=1S/C29H36F5NO6/c1-5-39-24(26(36)37)18-22-8-10-23(11-9-22)40-15-14-35(13-7-6-12-28(30,31)29(32,33)34)27(38)41-25-20(3)16-19(2)17-21(25)4/h8-11,16-17,24H,5-7,12-15,18H2,1-4H3,(H,36,37). The number of ether oxygens (including phenoxy) is 3. The molecule has 0 aliphatic rings. The number of aryl methyl sites for hydroxylation is 3. The lowest BCUT2D eigenvalue weighted by Crippen LogP contribution is -2.38. The number of halogens is 5. The summed E-state index contributed by atoms with van der Waals surface area (Å²) in [6.07, 6.45) is -9.18. The van der Waals surface area contributed by atoms with Crippen LogP contribution in [0, 0.1) is 20.8 Å². The van der Waals surface area contributed by atoms with Crippen LogP contribution >= 0.6 is 0 Å². The highest BCUT2D eigenvalue weighted by molar-refractivity contribution is 5.73. The van der Waals surface area contributed by atoms with Crippen LogP contribution in [0.5, 0.6) is 11.5 Å². The third kappa shape index (κ3) is 10.5. The number of amides is 1. The fourth-order valence-corrected chi connectivity index (χ4v) is 4.19. The summed E-state index contributed by atoms with van der Waals surface area (Å²) in [5, 5.41) is 9.24. The number of rotatable bonds is 15. The molecule has 0 aliphatic carbocycles. The number of aliphatic carboxylic acids is 1. The zero-order valence-corrected chi connectivity index (χ0v) is 23.5. The smallest absolute Gasteiger partial charge is 0.453 e. The maximum Gasteiger partial charge on any atom is 0.453 e. The largest absolute Gasteiger partial charge is 0.492 e. The van der Waals surface area contributed by atoms with Crippen LogP contribution in [-0.2, 0) is 16.0 Å². The molecule has 228 valence electrons. The summed E-state index contributed by atoms with van der Waals surface area (Å²) in [5.41, 5.74) is 3.11. The maximum absolute atomic E-state index is 13.3. The average Bonchev–Trinajstić information content (AvgIpc) is 2.87. The zero-order chi connectivity index (χ0) is 30.8. The van der Waals surface area contributed by atoms with Crippen LogP contribution in [0.4, 0.5) is 26.7 Å². The van der Waals surface area contributed by atoms with E-state index in [1.165, 1.54) is 4.90 Å². The molecule has 1 amide bonds. The predicted octanol–water partition coefficient (Wildman–Crippen LogP) is 6.89. The van der Waals surface area contributed by atoms with Gasteiger partial charge in [0.25, 0.3) is 0 Å². The van der Waals surface area contributed by atoms with Gasteiger partial charge in [0.1, 0.15) is 18.1 Å². The number of carbonyl (C=O) groups excluding carboxylic acids is 1. The van der Waals surface area contributed by atoms with E-state index in [9.17, 15) is 36.6 Å². The van der Waals surface area contributed by atoms with Crippen molar-refractivity contribution in [3.63, 3.8) is 0 Å². The van der Waals surface area contributed by atoms with Crippen molar-refractivity contribution in [3.05, 3.63) is 58.7 Å². The lowest BCUT2D eigenvalue weighted by molar-refractivity contribution is -0.284. The highest BCUT2D eigenvalue weighted by Gasteiger charge is 2.56. The third-order valence-electron chi connectivity index (χ3n) is 6.25. The zero-order valence-electron chi connectivity index (χ0n) is 23.5. The fraction of sp³-hybridized carbons (Fsp3) is 0.517. The van der Waals surface area contributed by atoms with Gasteiger partial charge in [0.2, 0.25) is 0 Å². The Morgan fingerprint density at radius 1 is 0.951 bits per heavy atom. The second-order valence-corrected chi connectivity index (χ2v) is 9.72. The van der Waals surface area contributed by atoms with Crippen LogP contribution in [0.2, 0.25) is 0 Å². The van der Waals surface area contributed by atoms with Gasteiger partial charge in [0.05, 0.1) is 6.54 Å². The second kappa shape index (κ2) is 15.0. The van der Waals surface area contributed by atoms with E-state index >= 15 is 0 Å². The van der Waals surface area contributed by atoms with Crippen LogP contribution < -0.4 is 9.47 Å². The molecule has 1 atom stereocenters. The lowest BCUT2D eigenvalue weighted by atomic mass is 10.1. The van der Waals surface area contributed by atoms with Crippen molar-refractivity contribution in [2.24, 2.45) is 0 Å². The van der Waals surface area contributed by atoms with Gasteiger partial charge >= 0.3 is 24.2 Å². The molecule has 2 aromatic rings. The summed E-state index contributed by atoms with van der Waals surface area (Å²) in [6, 6.07) is 10.3. The maximum atomic E-state index is 13.3. The first-order valence-electron chi connectivity index (χ1n) is 13.2. The van der Waals surface area contributed by atoms with Crippen molar-refractivity contribution in [3.8, 4) is 11.5 Å². The van der Waals surface area contributed by atoms with Crippen LogP contribution in [0.1, 0.15) is 48.4 Å². The predicted molar refractivity (Wildman–Crippen MR) is 142 cm³/mol. The van der Waals surface area contributed by atoms with Crippen LogP contribution in [0.3, 0.4) is 0 Å². The van der Waals surface area contributed by atoms with Gasteiger partial charge in [0.15, 0.2) is 6.10 Å². The molecule has 0 bridgehead atoms. The second-order valence-electron chi connectivity index (χ2n) is 9.72. The molecule has 0 aromatic heterocycles. The first-order chi connectivity index (χ1) is 19.1. The van der Waals surface area contributed by atoms with Gasteiger partial charge < -0.3 is 24.2 Å². The number of benzene rings is 2. The lowest BCUT2D eigenvalue weighted by Gasteiger charge is -2.24. The quantitative estimate of drug-likeness (QED) is 0.180. The van der Waals surface area contributed by atoms with Gasteiger partial charge in [-0.05, 0) is 69.4 Å². The molecule has 0 saturated heterocycles. The summed E-state index contributed by atoms with van der Waals surface area (Å²) in [4.78, 5) is 25.5. The molecule has 1 unspecified atom stereocenters. The topological polar surface area (TPSA) is 85.3 Å². The minimum atomic E-state index is -5.63.